The number of phenolic OH excluding ortho intramolecular Hbond substituents is 1. The highest BCUT2D eigenvalue weighted by Gasteiger charge is 2.11. The first kappa shape index (κ1) is 20.3. The molecule has 0 saturated carbocycles. The Kier molecular flexibility index (Phi) is 5.49. The number of benzene rings is 1. The van der Waals surface area contributed by atoms with Gasteiger partial charge >= 0.3 is 11.6 Å². The van der Waals surface area contributed by atoms with E-state index in [0.29, 0.717) is 17.5 Å². The number of fused-ring (bicyclic) bond motifs is 1. The summed E-state index contributed by atoms with van der Waals surface area (Å²) < 4.78 is 17.9. The standard InChI is InChI=1S/C24H21NO6/c1-15-10-17(16(2)25(15)13-20-4-3-9-29-20)5-8-23(27)30-14-18-11-24(28)31-22-12-19(26)6-7-21(18)22/h3-12,26H,13-14H2,1-2H3/b8-5+. The third kappa shape index (κ3) is 4.45. The van der Waals surface area contributed by atoms with Crippen LogP contribution in [0.3, 0.4) is 0 Å². The lowest BCUT2D eigenvalue weighted by molar-refractivity contribution is -0.138. The first-order chi connectivity index (χ1) is 14.9. The molecular weight excluding hydrogens is 398 g/mol. The van der Waals surface area contributed by atoms with Gasteiger partial charge < -0.3 is 23.2 Å². The van der Waals surface area contributed by atoms with Gasteiger partial charge in [-0.05, 0) is 55.8 Å². The molecule has 4 aromatic rings. The van der Waals surface area contributed by atoms with Gasteiger partial charge in [0.05, 0.1) is 12.8 Å². The molecule has 0 atom stereocenters. The topological polar surface area (TPSA) is 94.8 Å². The van der Waals surface area contributed by atoms with Crippen LogP contribution in [0.4, 0.5) is 0 Å². The number of rotatable bonds is 6. The van der Waals surface area contributed by atoms with Gasteiger partial charge in [-0.25, -0.2) is 9.59 Å². The fraction of sp³-hybridized carbons (Fsp3) is 0.167. The van der Waals surface area contributed by atoms with Gasteiger partial charge in [-0.1, -0.05) is 0 Å². The number of aromatic nitrogens is 1. The van der Waals surface area contributed by atoms with Gasteiger partial charge in [-0.2, -0.15) is 0 Å². The summed E-state index contributed by atoms with van der Waals surface area (Å²) in [4.78, 5) is 24.0. The highest BCUT2D eigenvalue weighted by molar-refractivity contribution is 5.88. The molecule has 0 radical (unpaired) electrons. The first-order valence-corrected chi connectivity index (χ1v) is 9.70. The number of aryl methyl sites for hydroxylation is 1. The first-order valence-electron chi connectivity index (χ1n) is 9.70. The minimum atomic E-state index is -0.580. The second-order valence-corrected chi connectivity index (χ2v) is 7.20. The summed E-state index contributed by atoms with van der Waals surface area (Å²) in [6.07, 6.45) is 4.71. The van der Waals surface area contributed by atoms with E-state index >= 15 is 0 Å². The molecule has 0 aliphatic carbocycles. The van der Waals surface area contributed by atoms with E-state index in [-0.39, 0.29) is 17.9 Å². The normalized spacial score (nSPS) is 11.4. The zero-order valence-corrected chi connectivity index (χ0v) is 17.1. The molecule has 0 bridgehead atoms. The SMILES string of the molecule is Cc1cc(/C=C/C(=O)OCc2cc(=O)oc3cc(O)ccc23)c(C)n1Cc1ccco1. The predicted molar refractivity (Wildman–Crippen MR) is 115 cm³/mol. The number of carbonyl (C=O) groups is 1. The summed E-state index contributed by atoms with van der Waals surface area (Å²) >= 11 is 0. The monoisotopic (exact) mass is 419 g/mol. The lowest BCUT2D eigenvalue weighted by Crippen LogP contribution is -2.05. The summed E-state index contributed by atoms with van der Waals surface area (Å²) in [5, 5.41) is 10.2. The maximum atomic E-state index is 12.3. The third-order valence-corrected chi connectivity index (χ3v) is 5.09. The zero-order valence-electron chi connectivity index (χ0n) is 17.1. The number of hydrogen-bond donors (Lipinski definition) is 1. The van der Waals surface area contributed by atoms with Gasteiger partial charge in [0.15, 0.2) is 0 Å². The molecule has 1 aromatic carbocycles. The molecule has 3 heterocycles. The van der Waals surface area contributed by atoms with Crippen molar-refractivity contribution in [3.05, 3.63) is 93.5 Å². The van der Waals surface area contributed by atoms with E-state index in [1.54, 1.807) is 18.4 Å². The van der Waals surface area contributed by atoms with Crippen LogP contribution in [0.1, 0.15) is 28.3 Å². The molecule has 0 amide bonds. The summed E-state index contributed by atoms with van der Waals surface area (Å²) in [6.45, 7) is 4.50. The van der Waals surface area contributed by atoms with E-state index in [0.717, 1.165) is 22.7 Å². The third-order valence-electron chi connectivity index (χ3n) is 5.09. The molecular formula is C24H21NO6. The number of furan rings is 1. The Labute approximate surface area is 177 Å². The van der Waals surface area contributed by atoms with Crippen molar-refractivity contribution >= 4 is 23.0 Å². The fourth-order valence-electron chi connectivity index (χ4n) is 3.49. The molecule has 158 valence electrons. The summed E-state index contributed by atoms with van der Waals surface area (Å²) in [7, 11) is 0. The van der Waals surface area contributed by atoms with Crippen LogP contribution in [0.2, 0.25) is 0 Å². The van der Waals surface area contributed by atoms with E-state index in [9.17, 15) is 14.7 Å². The second kappa shape index (κ2) is 8.39. The summed E-state index contributed by atoms with van der Waals surface area (Å²) in [5.41, 5.74) is 3.12. The summed E-state index contributed by atoms with van der Waals surface area (Å²) in [6, 6.07) is 11.5. The lowest BCUT2D eigenvalue weighted by atomic mass is 10.1. The van der Waals surface area contributed by atoms with Crippen LogP contribution in [0.15, 0.2) is 68.4 Å². The maximum Gasteiger partial charge on any atom is 0.336 e. The number of ether oxygens (including phenoxy) is 1. The lowest BCUT2D eigenvalue weighted by Gasteiger charge is -2.07. The molecule has 3 aromatic heterocycles. The van der Waals surface area contributed by atoms with Crippen LogP contribution in [0, 0.1) is 13.8 Å². The van der Waals surface area contributed by atoms with E-state index in [2.05, 4.69) is 4.57 Å². The van der Waals surface area contributed by atoms with Crippen LogP contribution >= 0.6 is 0 Å². The molecule has 7 nitrogen and oxygen atoms in total. The van der Waals surface area contributed by atoms with Crippen LogP contribution in [-0.4, -0.2) is 15.6 Å². The number of esters is 1. The molecule has 0 aliphatic rings. The van der Waals surface area contributed by atoms with Crippen LogP contribution in [0.25, 0.3) is 17.0 Å². The van der Waals surface area contributed by atoms with Gasteiger partial charge in [0.2, 0.25) is 0 Å². The van der Waals surface area contributed by atoms with Crippen molar-refractivity contribution in [2.45, 2.75) is 27.0 Å². The minimum absolute atomic E-state index is 0.0163. The Balaban J connectivity index is 1.46. The van der Waals surface area contributed by atoms with Gasteiger partial charge in [-0.3, -0.25) is 0 Å². The smallest absolute Gasteiger partial charge is 0.336 e. The Bertz CT molecular complexity index is 1320. The van der Waals surface area contributed by atoms with Crippen LogP contribution < -0.4 is 5.63 Å². The molecule has 0 fully saturated rings. The van der Waals surface area contributed by atoms with Crippen LogP contribution in [-0.2, 0) is 22.7 Å². The number of phenols is 1. The second-order valence-electron chi connectivity index (χ2n) is 7.20. The molecule has 31 heavy (non-hydrogen) atoms. The highest BCUT2D eigenvalue weighted by Crippen LogP contribution is 2.22. The van der Waals surface area contributed by atoms with Crippen molar-refractivity contribution in [1.82, 2.24) is 4.57 Å². The Hall–Kier alpha value is -4.00. The Morgan fingerprint density at radius 3 is 2.81 bits per heavy atom. The average molecular weight is 419 g/mol. The molecule has 1 N–H and O–H groups in total. The van der Waals surface area contributed by atoms with Crippen molar-refractivity contribution in [2.24, 2.45) is 0 Å². The number of hydrogen-bond acceptors (Lipinski definition) is 6. The van der Waals surface area contributed by atoms with E-state index < -0.39 is 11.6 Å². The summed E-state index contributed by atoms with van der Waals surface area (Å²) in [5.74, 6) is 0.304. The largest absolute Gasteiger partial charge is 0.508 e. The van der Waals surface area contributed by atoms with Gasteiger partial charge in [-0.15, -0.1) is 0 Å². The average Bonchev–Trinajstić information content (AvgIpc) is 3.34. The van der Waals surface area contributed by atoms with Crippen LogP contribution in [0.5, 0.6) is 5.75 Å². The molecule has 0 spiro atoms. The van der Waals surface area contributed by atoms with E-state index in [1.807, 2.05) is 32.0 Å². The Morgan fingerprint density at radius 2 is 2.03 bits per heavy atom. The fourth-order valence-corrected chi connectivity index (χ4v) is 3.49. The highest BCUT2D eigenvalue weighted by atomic mass is 16.5. The molecule has 7 heteroatoms. The number of carbonyl (C=O) groups excluding carboxylic acids is 1. The number of nitrogens with zero attached hydrogens (tertiary/aromatic N) is 1. The van der Waals surface area contributed by atoms with E-state index in [4.69, 9.17) is 13.6 Å². The predicted octanol–water partition coefficient (Wildman–Crippen LogP) is 4.31. The molecule has 0 aliphatic heterocycles. The van der Waals surface area contributed by atoms with Crippen molar-refractivity contribution in [3.63, 3.8) is 0 Å². The van der Waals surface area contributed by atoms with Crippen molar-refractivity contribution in [3.8, 4) is 5.75 Å². The number of aromatic hydroxyl groups is 1. The van der Waals surface area contributed by atoms with Crippen molar-refractivity contribution in [1.29, 1.82) is 0 Å². The zero-order chi connectivity index (χ0) is 22.0. The maximum absolute atomic E-state index is 12.3. The van der Waals surface area contributed by atoms with Gasteiger partial charge in [0, 0.05) is 40.5 Å². The van der Waals surface area contributed by atoms with Gasteiger partial charge in [0.25, 0.3) is 0 Å². The minimum Gasteiger partial charge on any atom is -0.508 e. The molecule has 0 saturated heterocycles. The van der Waals surface area contributed by atoms with Crippen molar-refractivity contribution < 1.29 is 23.5 Å². The molecule has 0 unspecified atom stereocenters. The van der Waals surface area contributed by atoms with Crippen molar-refractivity contribution in [2.75, 3.05) is 0 Å². The Morgan fingerprint density at radius 1 is 1.19 bits per heavy atom. The molecule has 4 rings (SSSR count). The quantitative estimate of drug-likeness (QED) is 0.284. The van der Waals surface area contributed by atoms with Gasteiger partial charge in [0.1, 0.15) is 23.7 Å². The van der Waals surface area contributed by atoms with E-state index in [1.165, 1.54) is 24.3 Å².